The highest BCUT2D eigenvalue weighted by Crippen LogP contribution is 2.19. The molecule has 390 valence electrons. The Kier molecular flexibility index (Phi) is 57.2. The van der Waals surface area contributed by atoms with Gasteiger partial charge in [-0.2, -0.15) is 0 Å². The number of unbranched alkanes of at least 4 members (excludes halogenated alkanes) is 51. The Hall–Kier alpha value is -0.610. The Labute approximate surface area is 410 Å². The molecule has 65 heavy (non-hydrogen) atoms. The fourth-order valence-corrected chi connectivity index (χ4v) is 10.2. The summed E-state index contributed by atoms with van der Waals surface area (Å²) in [7, 11) is 0. The van der Waals surface area contributed by atoms with Gasteiger partial charge in [0.25, 0.3) is 0 Å². The van der Waals surface area contributed by atoms with E-state index in [4.69, 9.17) is 0 Å². The van der Waals surface area contributed by atoms with Crippen LogP contribution >= 0.6 is 0 Å². The normalized spacial score (nSPS) is 12.6. The van der Waals surface area contributed by atoms with Crippen molar-refractivity contribution in [1.82, 2.24) is 5.32 Å². The molecule has 4 nitrogen and oxygen atoms in total. The second kappa shape index (κ2) is 57.7. The molecule has 1 amide bonds. The number of carbonyl (C=O) groups is 1. The molecule has 0 aromatic carbocycles. The number of nitrogens with one attached hydrogen (secondary N) is 1. The van der Waals surface area contributed by atoms with Crippen LogP contribution in [0.2, 0.25) is 0 Å². The highest BCUT2D eigenvalue weighted by Gasteiger charge is 2.20. The van der Waals surface area contributed by atoms with Crippen molar-refractivity contribution in [3.05, 3.63) is 0 Å². The number of carbonyl (C=O) groups excluding carboxylic acids is 1. The monoisotopic (exact) mass is 918 g/mol. The maximum atomic E-state index is 12.5. The van der Waals surface area contributed by atoms with Crippen molar-refractivity contribution in [1.29, 1.82) is 0 Å². The van der Waals surface area contributed by atoms with E-state index >= 15 is 0 Å². The van der Waals surface area contributed by atoms with E-state index in [1.807, 2.05) is 0 Å². The van der Waals surface area contributed by atoms with E-state index in [0.29, 0.717) is 12.8 Å². The Morgan fingerprint density at radius 2 is 0.492 bits per heavy atom. The first-order valence-electron chi connectivity index (χ1n) is 30.7. The molecule has 2 unspecified atom stereocenters. The van der Waals surface area contributed by atoms with Crippen molar-refractivity contribution in [2.24, 2.45) is 0 Å². The predicted molar refractivity (Wildman–Crippen MR) is 290 cm³/mol. The van der Waals surface area contributed by atoms with Gasteiger partial charge in [0.1, 0.15) is 0 Å². The molecule has 0 aromatic heterocycles. The summed E-state index contributed by atoms with van der Waals surface area (Å²) in [5.74, 6) is -0.0213. The minimum absolute atomic E-state index is 0.0213. The number of hydrogen-bond acceptors (Lipinski definition) is 3. The maximum Gasteiger partial charge on any atom is 0.220 e. The number of amides is 1. The van der Waals surface area contributed by atoms with Gasteiger partial charge in [-0.1, -0.05) is 348 Å². The molecule has 0 spiro atoms. The van der Waals surface area contributed by atoms with Crippen LogP contribution in [-0.4, -0.2) is 34.9 Å². The van der Waals surface area contributed by atoms with Crippen LogP contribution in [0.15, 0.2) is 0 Å². The molecular formula is C61H123NO3. The molecule has 0 aliphatic rings. The lowest BCUT2D eigenvalue weighted by Crippen LogP contribution is -2.45. The smallest absolute Gasteiger partial charge is 0.220 e. The number of aliphatic hydroxyl groups excluding tert-OH is 2. The Morgan fingerprint density at radius 3 is 0.692 bits per heavy atom. The second-order valence-electron chi connectivity index (χ2n) is 21.5. The number of rotatable bonds is 58. The predicted octanol–water partition coefficient (Wildman–Crippen LogP) is 20.3. The van der Waals surface area contributed by atoms with Gasteiger partial charge >= 0.3 is 0 Å². The number of aliphatic hydroxyl groups is 2. The average molecular weight is 919 g/mol. The van der Waals surface area contributed by atoms with E-state index in [1.54, 1.807) is 0 Å². The lowest BCUT2D eigenvalue weighted by Gasteiger charge is -2.22. The highest BCUT2D eigenvalue weighted by molar-refractivity contribution is 5.76. The first-order valence-corrected chi connectivity index (χ1v) is 30.7. The van der Waals surface area contributed by atoms with E-state index in [-0.39, 0.29) is 12.5 Å². The summed E-state index contributed by atoms with van der Waals surface area (Å²) >= 11 is 0. The summed E-state index contributed by atoms with van der Waals surface area (Å²) in [6.07, 6.45) is 74.1. The lowest BCUT2D eigenvalue weighted by atomic mass is 10.0. The molecule has 0 radical (unpaired) electrons. The van der Waals surface area contributed by atoms with Crippen LogP contribution in [0.4, 0.5) is 0 Å². The SMILES string of the molecule is CCCCCCCCCCCCCCCCCCCCCCCCCCCCCCCCCCCCCC(=O)NC(CO)C(O)CCCCCCCCCCCCCCCCCCCC. The second-order valence-corrected chi connectivity index (χ2v) is 21.5. The van der Waals surface area contributed by atoms with Gasteiger partial charge in [-0.15, -0.1) is 0 Å². The fraction of sp³-hybridized carbons (Fsp3) is 0.984. The van der Waals surface area contributed by atoms with Gasteiger partial charge in [0.2, 0.25) is 5.91 Å². The van der Waals surface area contributed by atoms with Gasteiger partial charge in [-0.05, 0) is 12.8 Å². The molecular weight excluding hydrogens is 795 g/mol. The Balaban J connectivity index is 3.34. The summed E-state index contributed by atoms with van der Waals surface area (Å²) in [6, 6.07) is -0.531. The van der Waals surface area contributed by atoms with Gasteiger partial charge in [0.05, 0.1) is 18.8 Å². The molecule has 0 saturated heterocycles. The topological polar surface area (TPSA) is 69.6 Å². The summed E-state index contributed by atoms with van der Waals surface area (Å²) in [5.41, 5.74) is 0. The van der Waals surface area contributed by atoms with E-state index in [9.17, 15) is 15.0 Å². The summed E-state index contributed by atoms with van der Waals surface area (Å²) < 4.78 is 0. The van der Waals surface area contributed by atoms with Crippen LogP contribution in [0.3, 0.4) is 0 Å². The minimum Gasteiger partial charge on any atom is -0.394 e. The van der Waals surface area contributed by atoms with Gasteiger partial charge in [-0.3, -0.25) is 4.79 Å². The van der Waals surface area contributed by atoms with Gasteiger partial charge < -0.3 is 15.5 Å². The van der Waals surface area contributed by atoms with Crippen LogP contribution in [0, 0.1) is 0 Å². The first kappa shape index (κ1) is 64.4. The van der Waals surface area contributed by atoms with E-state index in [0.717, 1.165) is 25.7 Å². The van der Waals surface area contributed by atoms with Gasteiger partial charge in [0, 0.05) is 6.42 Å². The van der Waals surface area contributed by atoms with Crippen molar-refractivity contribution in [2.45, 2.75) is 379 Å². The third kappa shape index (κ3) is 54.2. The van der Waals surface area contributed by atoms with Gasteiger partial charge in [-0.25, -0.2) is 0 Å². The third-order valence-corrected chi connectivity index (χ3v) is 14.9. The van der Waals surface area contributed by atoms with Gasteiger partial charge in [0.15, 0.2) is 0 Å². The third-order valence-electron chi connectivity index (χ3n) is 14.9. The molecule has 0 rings (SSSR count). The summed E-state index contributed by atoms with van der Waals surface area (Å²) in [5, 5.41) is 23.4. The fourth-order valence-electron chi connectivity index (χ4n) is 10.2. The first-order chi connectivity index (χ1) is 32.2. The van der Waals surface area contributed by atoms with Crippen LogP contribution in [0.5, 0.6) is 0 Å². The van der Waals surface area contributed by atoms with Crippen molar-refractivity contribution in [3.63, 3.8) is 0 Å². The quantitative estimate of drug-likeness (QED) is 0.0533. The zero-order valence-electron chi connectivity index (χ0n) is 45.1. The Bertz CT molecular complexity index is 864. The molecule has 0 saturated carbocycles. The van der Waals surface area contributed by atoms with E-state index < -0.39 is 12.1 Å². The van der Waals surface area contributed by atoms with Crippen LogP contribution < -0.4 is 5.32 Å². The molecule has 4 heteroatoms. The average Bonchev–Trinajstić information content (AvgIpc) is 3.31. The zero-order chi connectivity index (χ0) is 47.0. The molecule has 0 fully saturated rings. The van der Waals surface area contributed by atoms with Crippen molar-refractivity contribution in [3.8, 4) is 0 Å². The molecule has 0 bridgehead atoms. The largest absolute Gasteiger partial charge is 0.394 e. The molecule has 0 aliphatic heterocycles. The Morgan fingerprint density at radius 1 is 0.308 bits per heavy atom. The number of hydrogen-bond donors (Lipinski definition) is 3. The molecule has 3 N–H and O–H groups in total. The molecule has 0 heterocycles. The lowest BCUT2D eigenvalue weighted by molar-refractivity contribution is -0.123. The standard InChI is InChI=1S/C61H123NO3/c1-3-5-7-9-11-13-15-17-19-21-23-24-25-26-27-28-29-30-31-32-33-34-35-36-37-38-39-41-43-45-47-49-51-53-55-57-61(65)62-59(58-63)60(64)56-54-52-50-48-46-44-42-40-22-20-18-16-14-12-10-8-6-4-2/h59-60,63-64H,3-58H2,1-2H3,(H,62,65). The molecule has 2 atom stereocenters. The van der Waals surface area contributed by atoms with Crippen LogP contribution in [0.1, 0.15) is 367 Å². The molecule has 0 aromatic rings. The van der Waals surface area contributed by atoms with E-state index in [1.165, 1.54) is 315 Å². The van der Waals surface area contributed by atoms with Crippen LogP contribution in [0.25, 0.3) is 0 Å². The zero-order valence-corrected chi connectivity index (χ0v) is 45.1. The summed E-state index contributed by atoms with van der Waals surface area (Å²) in [4.78, 5) is 12.5. The van der Waals surface area contributed by atoms with E-state index in [2.05, 4.69) is 19.2 Å². The minimum atomic E-state index is -0.655. The van der Waals surface area contributed by atoms with Crippen LogP contribution in [-0.2, 0) is 4.79 Å². The van der Waals surface area contributed by atoms with Crippen molar-refractivity contribution in [2.75, 3.05) is 6.61 Å². The van der Waals surface area contributed by atoms with Crippen molar-refractivity contribution < 1.29 is 15.0 Å². The maximum absolute atomic E-state index is 12.5. The molecule has 0 aliphatic carbocycles. The highest BCUT2D eigenvalue weighted by atomic mass is 16.3. The summed E-state index contributed by atoms with van der Waals surface area (Å²) in [6.45, 7) is 4.41. The van der Waals surface area contributed by atoms with Crippen molar-refractivity contribution >= 4 is 5.91 Å².